The molecule has 0 bridgehead atoms. The number of rotatable bonds is 8. The zero-order valence-electron chi connectivity index (χ0n) is 17.9. The van der Waals surface area contributed by atoms with E-state index in [1.165, 1.54) is 0 Å². The molecule has 10 heteroatoms. The maximum atomic E-state index is 13.0. The number of esters is 1. The van der Waals surface area contributed by atoms with E-state index in [1.807, 2.05) is 0 Å². The monoisotopic (exact) mass is 523 g/mol. The van der Waals surface area contributed by atoms with Crippen LogP contribution in [0, 0.1) is 0 Å². The molecule has 3 rings (SSSR count). The standard InChI is InChI=1S/C25H18Cl2F3NO4/c26-18-9-6-16(7-10-18)24(23(34)15-4-2-1-3-5-15)35-22(33)13-12-21(32)31-20-14-17(25(28,29)30)8-11-19(20)27/h1-11,14,24H,12-13H2,(H,31,32)/t24-/m1/s1. The van der Waals surface area contributed by atoms with Gasteiger partial charge in [0.25, 0.3) is 0 Å². The average molecular weight is 524 g/mol. The van der Waals surface area contributed by atoms with E-state index < -0.39 is 48.3 Å². The van der Waals surface area contributed by atoms with Crippen molar-refractivity contribution in [2.24, 2.45) is 0 Å². The fourth-order valence-corrected chi connectivity index (χ4v) is 3.37. The van der Waals surface area contributed by atoms with E-state index >= 15 is 0 Å². The lowest BCUT2D eigenvalue weighted by molar-refractivity contribution is -0.148. The number of hydrogen-bond acceptors (Lipinski definition) is 4. The second kappa shape index (κ2) is 11.4. The average Bonchev–Trinajstić information content (AvgIpc) is 2.82. The maximum absolute atomic E-state index is 13.0. The van der Waals surface area contributed by atoms with Gasteiger partial charge in [0.15, 0.2) is 6.10 Å². The van der Waals surface area contributed by atoms with Crippen LogP contribution in [-0.2, 0) is 20.5 Å². The maximum Gasteiger partial charge on any atom is 0.416 e. The van der Waals surface area contributed by atoms with Gasteiger partial charge in [0.1, 0.15) is 0 Å². The van der Waals surface area contributed by atoms with Gasteiger partial charge in [-0.15, -0.1) is 0 Å². The Morgan fingerprint density at radius 3 is 2.17 bits per heavy atom. The molecule has 0 unspecified atom stereocenters. The van der Waals surface area contributed by atoms with Gasteiger partial charge in [-0.2, -0.15) is 13.2 Å². The van der Waals surface area contributed by atoms with Crippen LogP contribution < -0.4 is 5.32 Å². The molecule has 0 aliphatic heterocycles. The summed E-state index contributed by atoms with van der Waals surface area (Å²) in [5.41, 5.74) is -0.519. The number of carbonyl (C=O) groups is 3. The number of nitrogens with one attached hydrogen (secondary N) is 1. The topological polar surface area (TPSA) is 72.5 Å². The van der Waals surface area contributed by atoms with Gasteiger partial charge in [-0.25, -0.2) is 0 Å². The Morgan fingerprint density at radius 2 is 1.54 bits per heavy atom. The molecule has 0 fully saturated rings. The molecule has 1 amide bonds. The second-order valence-electron chi connectivity index (χ2n) is 7.39. The Bertz CT molecular complexity index is 1220. The smallest absolute Gasteiger partial charge is 0.416 e. The van der Waals surface area contributed by atoms with Gasteiger partial charge in [-0.05, 0) is 30.3 Å². The van der Waals surface area contributed by atoms with Gasteiger partial charge >= 0.3 is 12.1 Å². The molecule has 1 atom stereocenters. The fraction of sp³-hybridized carbons (Fsp3) is 0.160. The molecule has 0 aromatic heterocycles. The lowest BCUT2D eigenvalue weighted by Gasteiger charge is -2.18. The Balaban J connectivity index is 1.67. The predicted octanol–water partition coefficient (Wildman–Crippen LogP) is 6.90. The molecule has 0 spiro atoms. The largest absolute Gasteiger partial charge is 0.449 e. The number of alkyl halides is 3. The predicted molar refractivity (Wildman–Crippen MR) is 125 cm³/mol. The van der Waals surface area contributed by atoms with Crippen LogP contribution in [0.25, 0.3) is 0 Å². The van der Waals surface area contributed by atoms with E-state index in [0.29, 0.717) is 22.2 Å². The summed E-state index contributed by atoms with van der Waals surface area (Å²) in [6, 6.07) is 16.9. The van der Waals surface area contributed by atoms with Crippen molar-refractivity contribution in [1.82, 2.24) is 0 Å². The molecule has 0 saturated carbocycles. The first-order valence-corrected chi connectivity index (χ1v) is 11.0. The van der Waals surface area contributed by atoms with E-state index in [2.05, 4.69) is 5.32 Å². The third kappa shape index (κ3) is 7.31. The minimum absolute atomic E-state index is 0.0924. The first kappa shape index (κ1) is 26.2. The van der Waals surface area contributed by atoms with Crippen molar-refractivity contribution >= 4 is 46.5 Å². The van der Waals surface area contributed by atoms with Crippen molar-refractivity contribution < 1.29 is 32.3 Å². The van der Waals surface area contributed by atoms with Gasteiger partial charge in [-0.1, -0.05) is 65.7 Å². The van der Waals surface area contributed by atoms with Crippen molar-refractivity contribution in [3.63, 3.8) is 0 Å². The number of amides is 1. The molecule has 5 nitrogen and oxygen atoms in total. The summed E-state index contributed by atoms with van der Waals surface area (Å²) in [6.07, 6.45) is -6.72. The highest BCUT2D eigenvalue weighted by molar-refractivity contribution is 6.33. The number of anilines is 1. The molecule has 0 aliphatic carbocycles. The summed E-state index contributed by atoms with van der Waals surface area (Å²) in [4.78, 5) is 37.7. The summed E-state index contributed by atoms with van der Waals surface area (Å²) in [5.74, 6) is -2.07. The quantitative estimate of drug-likeness (QED) is 0.257. The summed E-state index contributed by atoms with van der Waals surface area (Å²) in [6.45, 7) is 0. The summed E-state index contributed by atoms with van der Waals surface area (Å²) < 4.78 is 44.1. The lowest BCUT2D eigenvalue weighted by atomic mass is 10.00. The first-order valence-electron chi connectivity index (χ1n) is 10.3. The number of ether oxygens (including phenoxy) is 1. The lowest BCUT2D eigenvalue weighted by Crippen LogP contribution is -2.21. The Labute approximate surface area is 208 Å². The highest BCUT2D eigenvalue weighted by atomic mass is 35.5. The van der Waals surface area contributed by atoms with Crippen LogP contribution in [0.5, 0.6) is 0 Å². The minimum Gasteiger partial charge on any atom is -0.449 e. The molecule has 0 heterocycles. The molecule has 182 valence electrons. The molecule has 0 aliphatic rings. The van der Waals surface area contributed by atoms with Crippen LogP contribution in [0.4, 0.5) is 18.9 Å². The van der Waals surface area contributed by atoms with E-state index in [4.69, 9.17) is 27.9 Å². The van der Waals surface area contributed by atoms with E-state index in [9.17, 15) is 27.6 Å². The molecule has 0 saturated heterocycles. The van der Waals surface area contributed by atoms with Crippen LogP contribution in [0.3, 0.4) is 0 Å². The number of Topliss-reactive ketones (excluding diaryl/α,β-unsaturated/α-hetero) is 1. The fourth-order valence-electron chi connectivity index (χ4n) is 3.08. The first-order chi connectivity index (χ1) is 16.5. The molecule has 1 N–H and O–H groups in total. The zero-order chi connectivity index (χ0) is 25.6. The highest BCUT2D eigenvalue weighted by Crippen LogP contribution is 2.34. The van der Waals surface area contributed by atoms with E-state index in [0.717, 1.165) is 12.1 Å². The van der Waals surface area contributed by atoms with E-state index in [1.54, 1.807) is 54.6 Å². The van der Waals surface area contributed by atoms with Gasteiger partial charge in [0.05, 0.1) is 22.7 Å². The summed E-state index contributed by atoms with van der Waals surface area (Å²) in [7, 11) is 0. The van der Waals surface area contributed by atoms with Crippen LogP contribution in [-0.4, -0.2) is 17.7 Å². The third-order valence-corrected chi connectivity index (χ3v) is 5.42. The Kier molecular flexibility index (Phi) is 8.53. The van der Waals surface area contributed by atoms with Crippen molar-refractivity contribution in [3.8, 4) is 0 Å². The van der Waals surface area contributed by atoms with Crippen molar-refractivity contribution in [2.75, 3.05) is 5.32 Å². The minimum atomic E-state index is -4.62. The van der Waals surface area contributed by atoms with E-state index in [-0.39, 0.29) is 10.7 Å². The number of hydrogen-bond donors (Lipinski definition) is 1. The zero-order valence-corrected chi connectivity index (χ0v) is 19.5. The SMILES string of the molecule is O=C(CCC(=O)O[C@@H](C(=O)c1ccccc1)c1ccc(Cl)cc1)Nc1cc(C(F)(F)F)ccc1Cl. The van der Waals surface area contributed by atoms with Gasteiger partial charge in [0.2, 0.25) is 11.7 Å². The van der Waals surface area contributed by atoms with Crippen LogP contribution in [0.15, 0.2) is 72.8 Å². The Morgan fingerprint density at radius 1 is 0.886 bits per heavy atom. The molecule has 3 aromatic rings. The van der Waals surface area contributed by atoms with Crippen molar-refractivity contribution in [3.05, 3.63) is 99.5 Å². The number of benzene rings is 3. The number of halogens is 5. The third-order valence-electron chi connectivity index (χ3n) is 4.84. The van der Waals surface area contributed by atoms with Crippen molar-refractivity contribution in [2.45, 2.75) is 25.1 Å². The summed E-state index contributed by atoms with van der Waals surface area (Å²) in [5, 5.41) is 2.59. The highest BCUT2D eigenvalue weighted by Gasteiger charge is 2.31. The van der Waals surface area contributed by atoms with Gasteiger partial charge in [-0.3, -0.25) is 14.4 Å². The molecular formula is C25H18Cl2F3NO4. The summed E-state index contributed by atoms with van der Waals surface area (Å²) >= 11 is 11.8. The molecule has 3 aromatic carbocycles. The number of carbonyl (C=O) groups excluding carboxylic acids is 3. The second-order valence-corrected chi connectivity index (χ2v) is 8.24. The number of ketones is 1. The van der Waals surface area contributed by atoms with Crippen LogP contribution >= 0.6 is 23.2 Å². The normalized spacial score (nSPS) is 12.0. The van der Waals surface area contributed by atoms with Crippen LogP contribution in [0.2, 0.25) is 10.0 Å². The molecular weight excluding hydrogens is 506 g/mol. The van der Waals surface area contributed by atoms with Gasteiger partial charge < -0.3 is 10.1 Å². The molecule has 0 radical (unpaired) electrons. The van der Waals surface area contributed by atoms with Crippen molar-refractivity contribution in [1.29, 1.82) is 0 Å². The van der Waals surface area contributed by atoms with Crippen LogP contribution in [0.1, 0.15) is 40.4 Å². The van der Waals surface area contributed by atoms with Gasteiger partial charge in [0, 0.05) is 22.6 Å². The Hall–Kier alpha value is -3.36. The molecule has 35 heavy (non-hydrogen) atoms.